The lowest BCUT2D eigenvalue weighted by Crippen LogP contribution is -2.40. The molecule has 1 atom stereocenters. The Hall–Kier alpha value is -3.16. The van der Waals surface area contributed by atoms with E-state index in [9.17, 15) is 22.8 Å². The number of amides is 2. The molecule has 0 N–H and O–H groups in total. The lowest BCUT2D eigenvalue weighted by Gasteiger charge is -2.24. The SMILES string of the molecule is C=CC(=O)N1CC[C@@H](N(C)C(=O)c2ccc(F)c(-c3c(F)cccc3F)n2)C1. The molecule has 0 aliphatic carbocycles. The van der Waals surface area contributed by atoms with Crippen LogP contribution < -0.4 is 0 Å². The Morgan fingerprint density at radius 3 is 2.50 bits per heavy atom. The summed E-state index contributed by atoms with van der Waals surface area (Å²) >= 11 is 0. The largest absolute Gasteiger partial charge is 0.337 e. The van der Waals surface area contributed by atoms with Crippen LogP contribution in [0.5, 0.6) is 0 Å². The van der Waals surface area contributed by atoms with E-state index in [2.05, 4.69) is 11.6 Å². The van der Waals surface area contributed by atoms with Crippen molar-refractivity contribution in [1.29, 1.82) is 0 Å². The first-order chi connectivity index (χ1) is 13.3. The average Bonchev–Trinajstić information content (AvgIpc) is 3.17. The van der Waals surface area contributed by atoms with Crippen LogP contribution >= 0.6 is 0 Å². The highest BCUT2D eigenvalue weighted by Crippen LogP contribution is 2.27. The molecule has 146 valence electrons. The van der Waals surface area contributed by atoms with Crippen molar-refractivity contribution in [3.8, 4) is 11.3 Å². The minimum absolute atomic E-state index is 0.143. The van der Waals surface area contributed by atoms with Crippen molar-refractivity contribution >= 4 is 11.8 Å². The molecule has 1 aromatic heterocycles. The Labute approximate surface area is 160 Å². The first-order valence-corrected chi connectivity index (χ1v) is 8.63. The summed E-state index contributed by atoms with van der Waals surface area (Å²) in [6.07, 6.45) is 1.78. The zero-order valence-electron chi connectivity index (χ0n) is 15.2. The van der Waals surface area contributed by atoms with Gasteiger partial charge in [0.15, 0.2) is 0 Å². The standard InChI is InChI=1S/C20H18F3N3O2/c1-3-17(27)26-10-9-12(11-26)25(2)20(28)16-8-7-15(23)19(24-16)18-13(21)5-4-6-14(18)22/h3-8,12H,1,9-11H2,2H3/t12-/m1/s1. The van der Waals surface area contributed by atoms with E-state index in [4.69, 9.17) is 0 Å². The molecule has 2 amide bonds. The molecule has 5 nitrogen and oxygen atoms in total. The van der Waals surface area contributed by atoms with Gasteiger partial charge >= 0.3 is 0 Å². The van der Waals surface area contributed by atoms with Gasteiger partial charge in [-0.3, -0.25) is 9.59 Å². The van der Waals surface area contributed by atoms with Crippen molar-refractivity contribution in [3.63, 3.8) is 0 Å². The monoisotopic (exact) mass is 389 g/mol. The van der Waals surface area contributed by atoms with Gasteiger partial charge < -0.3 is 9.80 Å². The summed E-state index contributed by atoms with van der Waals surface area (Å²) in [7, 11) is 1.54. The Morgan fingerprint density at radius 2 is 1.86 bits per heavy atom. The number of rotatable bonds is 4. The number of carbonyl (C=O) groups is 2. The molecule has 0 bridgehead atoms. The topological polar surface area (TPSA) is 53.5 Å². The van der Waals surface area contributed by atoms with Crippen molar-refractivity contribution < 1.29 is 22.8 Å². The van der Waals surface area contributed by atoms with Crippen molar-refractivity contribution in [2.24, 2.45) is 0 Å². The molecule has 2 heterocycles. The number of hydrogen-bond donors (Lipinski definition) is 0. The molecule has 1 aliphatic heterocycles. The predicted molar refractivity (Wildman–Crippen MR) is 96.8 cm³/mol. The molecule has 8 heteroatoms. The lowest BCUT2D eigenvalue weighted by molar-refractivity contribution is -0.125. The van der Waals surface area contributed by atoms with E-state index in [0.29, 0.717) is 19.5 Å². The van der Waals surface area contributed by atoms with Crippen LogP contribution in [0, 0.1) is 17.5 Å². The predicted octanol–water partition coefficient (Wildman–Crippen LogP) is 3.02. The van der Waals surface area contributed by atoms with Crippen LogP contribution in [0.4, 0.5) is 13.2 Å². The maximum atomic E-state index is 14.2. The molecule has 1 fully saturated rings. The maximum absolute atomic E-state index is 14.2. The van der Waals surface area contributed by atoms with Crippen LogP contribution in [0.25, 0.3) is 11.3 Å². The molecule has 28 heavy (non-hydrogen) atoms. The van der Waals surface area contributed by atoms with Gasteiger partial charge in [-0.05, 0) is 36.8 Å². The Kier molecular flexibility index (Phi) is 5.48. The van der Waals surface area contributed by atoms with Crippen LogP contribution in [0.3, 0.4) is 0 Å². The summed E-state index contributed by atoms with van der Waals surface area (Å²) in [4.78, 5) is 31.3. The quantitative estimate of drug-likeness (QED) is 0.756. The fraction of sp³-hybridized carbons (Fsp3) is 0.250. The smallest absolute Gasteiger partial charge is 0.272 e. The third-order valence-corrected chi connectivity index (χ3v) is 4.78. The summed E-state index contributed by atoms with van der Waals surface area (Å²) in [6.45, 7) is 4.26. The first-order valence-electron chi connectivity index (χ1n) is 8.63. The van der Waals surface area contributed by atoms with Gasteiger partial charge in [-0.1, -0.05) is 12.6 Å². The molecule has 0 spiro atoms. The zero-order chi connectivity index (χ0) is 20.4. The van der Waals surface area contributed by atoms with Gasteiger partial charge in [0.2, 0.25) is 5.91 Å². The number of pyridine rings is 1. The molecule has 2 aromatic rings. The molecule has 3 rings (SSSR count). The summed E-state index contributed by atoms with van der Waals surface area (Å²) in [5.74, 6) is -3.64. The van der Waals surface area contributed by atoms with E-state index in [-0.39, 0.29) is 17.6 Å². The van der Waals surface area contributed by atoms with Gasteiger partial charge in [-0.15, -0.1) is 0 Å². The fourth-order valence-electron chi connectivity index (χ4n) is 3.19. The highest BCUT2D eigenvalue weighted by molar-refractivity contribution is 5.93. The minimum Gasteiger partial charge on any atom is -0.337 e. The van der Waals surface area contributed by atoms with Crippen molar-refractivity contribution in [2.45, 2.75) is 12.5 Å². The zero-order valence-corrected chi connectivity index (χ0v) is 15.2. The molecule has 1 saturated heterocycles. The van der Waals surface area contributed by atoms with Gasteiger partial charge in [-0.2, -0.15) is 0 Å². The van der Waals surface area contributed by atoms with Crippen LogP contribution in [-0.4, -0.2) is 52.8 Å². The lowest BCUT2D eigenvalue weighted by atomic mass is 10.1. The van der Waals surface area contributed by atoms with Gasteiger partial charge in [0.25, 0.3) is 5.91 Å². The molecular weight excluding hydrogens is 371 g/mol. The van der Waals surface area contributed by atoms with Gasteiger partial charge in [0, 0.05) is 20.1 Å². The summed E-state index contributed by atoms with van der Waals surface area (Å²) in [5.41, 5.74) is -1.33. The second-order valence-corrected chi connectivity index (χ2v) is 6.47. The summed E-state index contributed by atoms with van der Waals surface area (Å²) in [6, 6.07) is 5.01. The highest BCUT2D eigenvalue weighted by atomic mass is 19.1. The summed E-state index contributed by atoms with van der Waals surface area (Å²) in [5, 5.41) is 0. The highest BCUT2D eigenvalue weighted by Gasteiger charge is 2.31. The number of benzene rings is 1. The van der Waals surface area contributed by atoms with E-state index in [1.807, 2.05) is 0 Å². The first kappa shape index (κ1) is 19.6. The van der Waals surface area contributed by atoms with Crippen LogP contribution in [-0.2, 0) is 4.79 Å². The Morgan fingerprint density at radius 1 is 1.18 bits per heavy atom. The van der Waals surface area contributed by atoms with E-state index >= 15 is 0 Å². The van der Waals surface area contributed by atoms with Crippen molar-refractivity contribution in [3.05, 3.63) is 66.1 Å². The molecule has 1 aromatic carbocycles. The second kappa shape index (κ2) is 7.84. The van der Waals surface area contributed by atoms with E-state index in [0.717, 1.165) is 30.3 Å². The molecule has 0 saturated carbocycles. The Balaban J connectivity index is 1.87. The van der Waals surface area contributed by atoms with Gasteiger partial charge in [0.05, 0.1) is 11.6 Å². The van der Waals surface area contributed by atoms with Crippen molar-refractivity contribution in [2.75, 3.05) is 20.1 Å². The third kappa shape index (κ3) is 3.62. The average molecular weight is 389 g/mol. The van der Waals surface area contributed by atoms with E-state index in [1.165, 1.54) is 11.0 Å². The van der Waals surface area contributed by atoms with Crippen LogP contribution in [0.2, 0.25) is 0 Å². The minimum atomic E-state index is -0.973. The normalized spacial score (nSPS) is 16.1. The Bertz CT molecular complexity index is 928. The maximum Gasteiger partial charge on any atom is 0.272 e. The molecule has 0 unspecified atom stereocenters. The number of aromatic nitrogens is 1. The number of hydrogen-bond acceptors (Lipinski definition) is 3. The number of likely N-dealkylation sites (tertiary alicyclic amines) is 1. The number of halogens is 3. The van der Waals surface area contributed by atoms with Gasteiger partial charge in [-0.25, -0.2) is 18.2 Å². The molecule has 0 radical (unpaired) electrons. The third-order valence-electron chi connectivity index (χ3n) is 4.78. The van der Waals surface area contributed by atoms with Crippen LogP contribution in [0.15, 0.2) is 43.0 Å². The number of carbonyl (C=O) groups excluding carboxylic acids is 2. The van der Waals surface area contributed by atoms with E-state index in [1.54, 1.807) is 11.9 Å². The fourth-order valence-corrected chi connectivity index (χ4v) is 3.19. The number of likely N-dealkylation sites (N-methyl/N-ethyl adjacent to an activating group) is 1. The number of nitrogens with zero attached hydrogens (tertiary/aromatic N) is 3. The van der Waals surface area contributed by atoms with Crippen LogP contribution in [0.1, 0.15) is 16.9 Å². The summed E-state index contributed by atoms with van der Waals surface area (Å²) < 4.78 is 42.2. The second-order valence-electron chi connectivity index (χ2n) is 6.47. The van der Waals surface area contributed by atoms with E-state index < -0.39 is 34.6 Å². The van der Waals surface area contributed by atoms with Gasteiger partial charge in [0.1, 0.15) is 28.8 Å². The molecular formula is C20H18F3N3O2. The van der Waals surface area contributed by atoms with Crippen molar-refractivity contribution in [1.82, 2.24) is 14.8 Å². The molecule has 1 aliphatic rings.